The minimum absolute atomic E-state index is 0.0952. The third kappa shape index (κ3) is 4.06. The molecule has 0 aromatic heterocycles. The second-order valence-corrected chi connectivity index (χ2v) is 5.52. The molecule has 0 saturated carbocycles. The molecule has 0 fully saturated rings. The van der Waals surface area contributed by atoms with Gasteiger partial charge in [0.1, 0.15) is 6.04 Å². The number of benzene rings is 1. The molecule has 0 heterocycles. The van der Waals surface area contributed by atoms with Crippen molar-refractivity contribution in [3.05, 3.63) is 35.9 Å². The summed E-state index contributed by atoms with van der Waals surface area (Å²) < 4.78 is 5.26. The van der Waals surface area contributed by atoms with Crippen LogP contribution in [-0.4, -0.2) is 29.6 Å². The average Bonchev–Trinajstić information content (AvgIpc) is 2.35. The molecule has 0 aliphatic heterocycles. The van der Waals surface area contributed by atoms with Crippen molar-refractivity contribution in [3.63, 3.8) is 0 Å². The van der Waals surface area contributed by atoms with Gasteiger partial charge in [-0.2, -0.15) is 0 Å². The number of esters is 1. The Bertz CT molecular complexity index is 395. The van der Waals surface area contributed by atoms with Gasteiger partial charge in [-0.3, -0.25) is 4.90 Å². The lowest BCUT2D eigenvalue weighted by Gasteiger charge is -2.39. The Morgan fingerprint density at radius 1 is 1.21 bits per heavy atom. The van der Waals surface area contributed by atoms with Gasteiger partial charge < -0.3 is 4.74 Å². The largest absolute Gasteiger partial charge is 0.465 e. The van der Waals surface area contributed by atoms with Gasteiger partial charge in [0.05, 0.1) is 6.61 Å². The van der Waals surface area contributed by atoms with Crippen LogP contribution in [0, 0.1) is 0 Å². The van der Waals surface area contributed by atoms with Gasteiger partial charge in [-0.1, -0.05) is 37.3 Å². The molecule has 0 saturated heterocycles. The maximum atomic E-state index is 12.3. The van der Waals surface area contributed by atoms with Crippen LogP contribution in [-0.2, 0) is 9.53 Å². The molecule has 1 aromatic rings. The fraction of sp³-hybridized carbons (Fsp3) is 0.562. The molecule has 0 aliphatic carbocycles. The SMILES string of the molecule is CCOC(=O)C(c1ccccc1)N(CC)C(C)(C)C. The summed E-state index contributed by atoms with van der Waals surface area (Å²) in [5.74, 6) is -0.175. The van der Waals surface area contributed by atoms with Gasteiger partial charge in [0, 0.05) is 5.54 Å². The van der Waals surface area contributed by atoms with Crippen LogP contribution in [0.3, 0.4) is 0 Å². The van der Waals surface area contributed by atoms with E-state index in [1.807, 2.05) is 37.3 Å². The fourth-order valence-electron chi connectivity index (χ4n) is 2.34. The lowest BCUT2D eigenvalue weighted by Crippen LogP contribution is -2.47. The highest BCUT2D eigenvalue weighted by atomic mass is 16.5. The predicted molar refractivity (Wildman–Crippen MR) is 77.9 cm³/mol. The minimum atomic E-state index is -0.342. The summed E-state index contributed by atoms with van der Waals surface area (Å²) in [6.07, 6.45) is 0. The number of rotatable bonds is 5. The van der Waals surface area contributed by atoms with Gasteiger partial charge in [0.15, 0.2) is 0 Å². The Hall–Kier alpha value is -1.35. The van der Waals surface area contributed by atoms with Crippen LogP contribution in [0.25, 0.3) is 0 Å². The maximum Gasteiger partial charge on any atom is 0.328 e. The van der Waals surface area contributed by atoms with Crippen molar-refractivity contribution in [2.24, 2.45) is 0 Å². The maximum absolute atomic E-state index is 12.3. The zero-order valence-electron chi connectivity index (χ0n) is 12.6. The zero-order valence-corrected chi connectivity index (χ0v) is 12.6. The van der Waals surface area contributed by atoms with Crippen LogP contribution in [0.1, 0.15) is 46.2 Å². The highest BCUT2D eigenvalue weighted by Crippen LogP contribution is 2.29. The van der Waals surface area contributed by atoms with Crippen molar-refractivity contribution < 1.29 is 9.53 Å². The molecule has 3 nitrogen and oxygen atoms in total. The first-order valence-corrected chi connectivity index (χ1v) is 6.90. The van der Waals surface area contributed by atoms with Crippen LogP contribution in [0.15, 0.2) is 30.3 Å². The van der Waals surface area contributed by atoms with Crippen molar-refractivity contribution in [2.75, 3.05) is 13.2 Å². The van der Waals surface area contributed by atoms with Crippen molar-refractivity contribution in [2.45, 2.75) is 46.2 Å². The van der Waals surface area contributed by atoms with Crippen LogP contribution >= 0.6 is 0 Å². The molecule has 106 valence electrons. The van der Waals surface area contributed by atoms with Crippen LogP contribution in [0.4, 0.5) is 0 Å². The third-order valence-corrected chi connectivity index (χ3v) is 3.14. The van der Waals surface area contributed by atoms with E-state index in [1.165, 1.54) is 0 Å². The van der Waals surface area contributed by atoms with Crippen LogP contribution in [0.5, 0.6) is 0 Å². The molecule has 19 heavy (non-hydrogen) atoms. The van der Waals surface area contributed by atoms with Gasteiger partial charge in [-0.05, 0) is 39.8 Å². The normalized spacial score (nSPS) is 13.4. The molecular weight excluding hydrogens is 238 g/mol. The Labute approximate surface area is 116 Å². The number of likely N-dealkylation sites (N-methyl/N-ethyl adjacent to an activating group) is 1. The molecule has 3 heteroatoms. The van der Waals surface area contributed by atoms with E-state index >= 15 is 0 Å². The van der Waals surface area contributed by atoms with Crippen LogP contribution in [0.2, 0.25) is 0 Å². The predicted octanol–water partition coefficient (Wildman–Crippen LogP) is 3.41. The van der Waals surface area contributed by atoms with Crippen molar-refractivity contribution in [3.8, 4) is 0 Å². The number of hydrogen-bond donors (Lipinski definition) is 0. The van der Waals surface area contributed by atoms with Crippen molar-refractivity contribution in [1.29, 1.82) is 0 Å². The molecule has 0 N–H and O–H groups in total. The lowest BCUT2D eigenvalue weighted by atomic mass is 9.98. The summed E-state index contributed by atoms with van der Waals surface area (Å²) in [5, 5.41) is 0. The van der Waals surface area contributed by atoms with E-state index in [2.05, 4.69) is 32.6 Å². The summed E-state index contributed by atoms with van der Waals surface area (Å²) in [4.78, 5) is 14.5. The van der Waals surface area contributed by atoms with Crippen molar-refractivity contribution in [1.82, 2.24) is 4.90 Å². The molecular formula is C16H25NO2. The summed E-state index contributed by atoms with van der Waals surface area (Å²) in [7, 11) is 0. The van der Waals surface area contributed by atoms with E-state index in [4.69, 9.17) is 4.74 Å². The smallest absolute Gasteiger partial charge is 0.328 e. The summed E-state index contributed by atoms with van der Waals surface area (Å²) in [5.41, 5.74) is 0.889. The Morgan fingerprint density at radius 2 is 1.79 bits per heavy atom. The van der Waals surface area contributed by atoms with Gasteiger partial charge in [-0.15, -0.1) is 0 Å². The quantitative estimate of drug-likeness (QED) is 0.762. The zero-order chi connectivity index (χ0) is 14.5. The third-order valence-electron chi connectivity index (χ3n) is 3.14. The molecule has 0 radical (unpaired) electrons. The number of carbonyl (C=O) groups is 1. The number of carbonyl (C=O) groups excluding carboxylic acids is 1. The molecule has 1 rings (SSSR count). The summed E-state index contributed by atoms with van der Waals surface area (Å²) in [6, 6.07) is 9.49. The second-order valence-electron chi connectivity index (χ2n) is 5.52. The van der Waals surface area contributed by atoms with E-state index in [9.17, 15) is 4.79 Å². The van der Waals surface area contributed by atoms with Gasteiger partial charge >= 0.3 is 5.97 Å². The van der Waals surface area contributed by atoms with Crippen LogP contribution < -0.4 is 0 Å². The van der Waals surface area contributed by atoms with Crippen molar-refractivity contribution >= 4 is 5.97 Å². The average molecular weight is 263 g/mol. The second kappa shape index (κ2) is 6.71. The number of ether oxygens (including phenoxy) is 1. The van der Waals surface area contributed by atoms with Gasteiger partial charge in [0.2, 0.25) is 0 Å². The van der Waals surface area contributed by atoms with Gasteiger partial charge in [-0.25, -0.2) is 4.79 Å². The topological polar surface area (TPSA) is 29.5 Å². The highest BCUT2D eigenvalue weighted by molar-refractivity contribution is 5.77. The molecule has 1 atom stereocenters. The molecule has 1 unspecified atom stereocenters. The van der Waals surface area contributed by atoms with Gasteiger partial charge in [0.25, 0.3) is 0 Å². The van der Waals surface area contributed by atoms with E-state index in [0.29, 0.717) is 6.61 Å². The Kier molecular flexibility index (Phi) is 5.55. The molecule has 0 amide bonds. The highest BCUT2D eigenvalue weighted by Gasteiger charge is 2.34. The minimum Gasteiger partial charge on any atom is -0.465 e. The van der Waals surface area contributed by atoms with E-state index in [0.717, 1.165) is 12.1 Å². The monoisotopic (exact) mass is 263 g/mol. The van der Waals surface area contributed by atoms with E-state index in [-0.39, 0.29) is 17.6 Å². The molecule has 0 spiro atoms. The number of nitrogens with zero attached hydrogens (tertiary/aromatic N) is 1. The van der Waals surface area contributed by atoms with E-state index in [1.54, 1.807) is 0 Å². The standard InChI is InChI=1S/C16H25NO2/c1-6-17(16(3,4)5)14(15(18)19-7-2)13-11-9-8-10-12-13/h8-12,14H,6-7H2,1-5H3. The molecule has 0 aliphatic rings. The number of hydrogen-bond acceptors (Lipinski definition) is 3. The molecule has 0 bridgehead atoms. The van der Waals surface area contributed by atoms with E-state index < -0.39 is 0 Å². The first-order valence-electron chi connectivity index (χ1n) is 6.90. The summed E-state index contributed by atoms with van der Waals surface area (Å²) in [6.45, 7) is 11.5. The lowest BCUT2D eigenvalue weighted by molar-refractivity contribution is -0.152. The Balaban J connectivity index is 3.15. The Morgan fingerprint density at radius 3 is 2.21 bits per heavy atom. The molecule has 1 aromatic carbocycles. The first-order chi connectivity index (χ1) is 8.91. The summed E-state index contributed by atoms with van der Waals surface area (Å²) >= 11 is 0. The first kappa shape index (κ1) is 15.7. The fourth-order valence-corrected chi connectivity index (χ4v) is 2.34.